The van der Waals surface area contributed by atoms with Crippen molar-refractivity contribution in [2.24, 2.45) is 0 Å². The van der Waals surface area contributed by atoms with Crippen LogP contribution in [0.4, 0.5) is 0 Å². The van der Waals surface area contributed by atoms with E-state index >= 15 is 0 Å². The maximum atomic E-state index is 12.5. The number of aromatic amines is 1. The third-order valence-corrected chi connectivity index (χ3v) is 6.12. The normalized spacial score (nSPS) is 14.4. The Kier molecular flexibility index (Phi) is 5.55. The second-order valence-electron chi connectivity index (χ2n) is 6.68. The van der Waals surface area contributed by atoms with Crippen molar-refractivity contribution in [1.29, 1.82) is 0 Å². The molecule has 2 aromatic carbocycles. The number of nitrogens with zero attached hydrogens (tertiary/aromatic N) is 1. The maximum Gasteiger partial charge on any atom is 0.232 e. The van der Waals surface area contributed by atoms with Crippen molar-refractivity contribution in [3.8, 4) is 0 Å². The Morgan fingerprint density at radius 1 is 1.19 bits per heavy atom. The number of nitrogens with one attached hydrogen (secondary N) is 1. The zero-order valence-electron chi connectivity index (χ0n) is 15.0. The Bertz CT molecular complexity index is 980. The molecule has 0 spiro atoms. The molecule has 0 atom stereocenters. The van der Waals surface area contributed by atoms with Crippen LogP contribution >= 0.6 is 23.4 Å². The first-order valence-electron chi connectivity index (χ1n) is 9.06. The molecular weight excluding hydrogens is 376 g/mol. The van der Waals surface area contributed by atoms with Crippen LogP contribution < -0.4 is 0 Å². The van der Waals surface area contributed by atoms with E-state index in [0.717, 1.165) is 34.6 Å². The molecule has 0 saturated heterocycles. The lowest BCUT2D eigenvalue weighted by atomic mass is 10.00. The van der Waals surface area contributed by atoms with Gasteiger partial charge in [0.05, 0.1) is 5.75 Å². The molecule has 27 heavy (non-hydrogen) atoms. The van der Waals surface area contributed by atoms with Gasteiger partial charge in [0, 0.05) is 41.0 Å². The predicted octanol–water partition coefficient (Wildman–Crippen LogP) is 5.37. The van der Waals surface area contributed by atoms with Gasteiger partial charge in [-0.15, -0.1) is 11.8 Å². The van der Waals surface area contributed by atoms with Crippen LogP contribution in [0.5, 0.6) is 0 Å². The SMILES string of the molecule is O=C(CSCc1c[nH]c2ccc(Cl)cc12)N1CC=C(c2ccccc2)CC1. The summed E-state index contributed by atoms with van der Waals surface area (Å²) < 4.78 is 0. The molecular formula is C22H21ClN2OS. The lowest BCUT2D eigenvalue weighted by molar-refractivity contribution is -0.127. The van der Waals surface area contributed by atoms with Gasteiger partial charge in [0.1, 0.15) is 0 Å². The summed E-state index contributed by atoms with van der Waals surface area (Å²) in [6.07, 6.45) is 5.11. The lowest BCUT2D eigenvalue weighted by Crippen LogP contribution is -2.35. The van der Waals surface area contributed by atoms with Crippen molar-refractivity contribution in [1.82, 2.24) is 9.88 Å². The number of carbonyl (C=O) groups is 1. The highest BCUT2D eigenvalue weighted by atomic mass is 35.5. The van der Waals surface area contributed by atoms with Gasteiger partial charge >= 0.3 is 0 Å². The number of rotatable bonds is 5. The Hall–Kier alpha value is -2.17. The third kappa shape index (κ3) is 4.23. The Morgan fingerprint density at radius 3 is 2.81 bits per heavy atom. The molecule has 0 fully saturated rings. The molecule has 2 heterocycles. The predicted molar refractivity (Wildman–Crippen MR) is 115 cm³/mol. The van der Waals surface area contributed by atoms with Gasteiger partial charge in [-0.05, 0) is 41.3 Å². The molecule has 138 valence electrons. The van der Waals surface area contributed by atoms with Gasteiger partial charge in [-0.1, -0.05) is 48.0 Å². The van der Waals surface area contributed by atoms with Crippen LogP contribution in [0.25, 0.3) is 16.5 Å². The third-order valence-electron chi connectivity index (χ3n) is 4.92. The summed E-state index contributed by atoms with van der Waals surface area (Å²) in [4.78, 5) is 17.7. The molecule has 5 heteroatoms. The van der Waals surface area contributed by atoms with E-state index in [1.54, 1.807) is 11.8 Å². The summed E-state index contributed by atoms with van der Waals surface area (Å²) in [5, 5.41) is 1.87. The van der Waals surface area contributed by atoms with Crippen LogP contribution in [0, 0.1) is 0 Å². The van der Waals surface area contributed by atoms with Gasteiger partial charge in [-0.2, -0.15) is 0 Å². The summed E-state index contributed by atoms with van der Waals surface area (Å²) >= 11 is 7.76. The molecule has 0 radical (unpaired) electrons. The van der Waals surface area contributed by atoms with Crippen molar-refractivity contribution in [3.63, 3.8) is 0 Å². The average molecular weight is 397 g/mol. The van der Waals surface area contributed by atoms with E-state index in [2.05, 4.69) is 35.3 Å². The zero-order chi connectivity index (χ0) is 18.6. The minimum Gasteiger partial charge on any atom is -0.361 e. The smallest absolute Gasteiger partial charge is 0.232 e. The molecule has 1 aliphatic heterocycles. The number of hydrogen-bond donors (Lipinski definition) is 1. The Balaban J connectivity index is 1.31. The molecule has 4 rings (SSSR count). The van der Waals surface area contributed by atoms with Gasteiger partial charge < -0.3 is 9.88 Å². The van der Waals surface area contributed by atoms with E-state index in [1.165, 1.54) is 16.7 Å². The number of amides is 1. The molecule has 0 saturated carbocycles. The van der Waals surface area contributed by atoms with Crippen LogP contribution in [-0.2, 0) is 10.5 Å². The number of aromatic nitrogens is 1. The average Bonchev–Trinajstić information content (AvgIpc) is 3.11. The van der Waals surface area contributed by atoms with E-state index in [0.29, 0.717) is 12.3 Å². The quantitative estimate of drug-likeness (QED) is 0.629. The fraction of sp³-hybridized carbons (Fsp3) is 0.227. The van der Waals surface area contributed by atoms with Crippen molar-refractivity contribution in [3.05, 3.63) is 77.0 Å². The highest BCUT2D eigenvalue weighted by molar-refractivity contribution is 7.99. The number of fused-ring (bicyclic) bond motifs is 1. The lowest BCUT2D eigenvalue weighted by Gasteiger charge is -2.26. The van der Waals surface area contributed by atoms with Crippen LogP contribution in [0.3, 0.4) is 0 Å². The van der Waals surface area contributed by atoms with Crippen molar-refractivity contribution < 1.29 is 4.79 Å². The summed E-state index contributed by atoms with van der Waals surface area (Å²) in [6.45, 7) is 1.50. The maximum absolute atomic E-state index is 12.5. The molecule has 0 bridgehead atoms. The number of H-pyrrole nitrogens is 1. The van der Waals surface area contributed by atoms with Crippen molar-refractivity contribution in [2.45, 2.75) is 12.2 Å². The molecule has 1 aliphatic rings. The number of thioether (sulfide) groups is 1. The first-order chi connectivity index (χ1) is 13.2. The van der Waals surface area contributed by atoms with E-state index < -0.39 is 0 Å². The molecule has 3 nitrogen and oxygen atoms in total. The highest BCUT2D eigenvalue weighted by Crippen LogP contribution is 2.26. The number of carbonyl (C=O) groups excluding carboxylic acids is 1. The standard InChI is InChI=1S/C22H21ClN2OS/c23-19-6-7-21-20(12-19)18(13-24-21)14-27-15-22(26)25-10-8-17(9-11-25)16-4-2-1-3-5-16/h1-8,12-13,24H,9-11,14-15H2. The number of hydrogen-bond acceptors (Lipinski definition) is 2. The van der Waals surface area contributed by atoms with Gasteiger partial charge in [-0.25, -0.2) is 0 Å². The molecule has 0 aliphatic carbocycles. The second-order valence-corrected chi connectivity index (χ2v) is 8.10. The van der Waals surface area contributed by atoms with E-state index in [4.69, 9.17) is 11.6 Å². The molecule has 1 amide bonds. The minimum absolute atomic E-state index is 0.209. The number of halogens is 1. The Labute approximate surface area is 168 Å². The molecule has 1 aromatic heterocycles. The molecule has 0 unspecified atom stereocenters. The van der Waals surface area contributed by atoms with Crippen LogP contribution in [0.1, 0.15) is 17.5 Å². The monoisotopic (exact) mass is 396 g/mol. The van der Waals surface area contributed by atoms with Gasteiger partial charge in [-0.3, -0.25) is 4.79 Å². The molecule has 3 aromatic rings. The van der Waals surface area contributed by atoms with Crippen LogP contribution in [-0.4, -0.2) is 34.6 Å². The van der Waals surface area contributed by atoms with Crippen LogP contribution in [0.2, 0.25) is 5.02 Å². The van der Waals surface area contributed by atoms with E-state index in [9.17, 15) is 4.79 Å². The number of benzene rings is 2. The van der Waals surface area contributed by atoms with Crippen molar-refractivity contribution >= 4 is 45.7 Å². The van der Waals surface area contributed by atoms with E-state index in [1.807, 2.05) is 35.4 Å². The van der Waals surface area contributed by atoms with Gasteiger partial charge in [0.25, 0.3) is 0 Å². The van der Waals surface area contributed by atoms with Gasteiger partial charge in [0.2, 0.25) is 5.91 Å². The largest absolute Gasteiger partial charge is 0.361 e. The Morgan fingerprint density at radius 2 is 2.04 bits per heavy atom. The topological polar surface area (TPSA) is 36.1 Å². The summed E-state index contributed by atoms with van der Waals surface area (Å²) in [7, 11) is 0. The highest BCUT2D eigenvalue weighted by Gasteiger charge is 2.18. The van der Waals surface area contributed by atoms with Crippen LogP contribution in [0.15, 0.2) is 60.8 Å². The first kappa shape index (κ1) is 18.2. The first-order valence-corrected chi connectivity index (χ1v) is 10.6. The fourth-order valence-electron chi connectivity index (χ4n) is 3.42. The second kappa shape index (κ2) is 8.24. The summed E-state index contributed by atoms with van der Waals surface area (Å²) in [5.41, 5.74) is 4.87. The summed E-state index contributed by atoms with van der Waals surface area (Å²) in [5.74, 6) is 1.51. The molecule has 1 N–H and O–H groups in total. The van der Waals surface area contributed by atoms with E-state index in [-0.39, 0.29) is 5.91 Å². The van der Waals surface area contributed by atoms with Crippen molar-refractivity contribution in [2.75, 3.05) is 18.8 Å². The summed E-state index contributed by atoms with van der Waals surface area (Å²) in [6, 6.07) is 16.3. The fourth-order valence-corrected chi connectivity index (χ4v) is 4.51. The minimum atomic E-state index is 0.209. The van der Waals surface area contributed by atoms with Gasteiger partial charge in [0.15, 0.2) is 0 Å². The zero-order valence-corrected chi connectivity index (χ0v) is 16.5.